The van der Waals surface area contributed by atoms with Gasteiger partial charge in [-0.25, -0.2) is 0 Å². The standard InChI is InChI=1S/C13H27NO2/c1-11(13(2,3)4)10-14-9-7-5-6-8-12(15)16/h11,14H,5-10H2,1-4H3,(H,15,16). The maximum atomic E-state index is 10.3. The Morgan fingerprint density at radius 3 is 2.38 bits per heavy atom. The summed E-state index contributed by atoms with van der Waals surface area (Å²) in [6, 6.07) is 0. The highest BCUT2D eigenvalue weighted by molar-refractivity contribution is 5.66. The number of nitrogens with one attached hydrogen (secondary N) is 1. The van der Waals surface area contributed by atoms with Crippen molar-refractivity contribution in [2.45, 2.75) is 53.4 Å². The maximum absolute atomic E-state index is 10.3. The van der Waals surface area contributed by atoms with E-state index < -0.39 is 5.97 Å². The molecule has 0 aliphatic rings. The van der Waals surface area contributed by atoms with Gasteiger partial charge in [-0.15, -0.1) is 0 Å². The topological polar surface area (TPSA) is 49.3 Å². The van der Waals surface area contributed by atoms with Crippen LogP contribution >= 0.6 is 0 Å². The van der Waals surface area contributed by atoms with Crippen molar-refractivity contribution in [1.82, 2.24) is 5.32 Å². The molecule has 0 spiro atoms. The van der Waals surface area contributed by atoms with E-state index in [1.54, 1.807) is 0 Å². The number of aliphatic carboxylic acids is 1. The minimum Gasteiger partial charge on any atom is -0.481 e. The van der Waals surface area contributed by atoms with Crippen molar-refractivity contribution in [3.05, 3.63) is 0 Å². The van der Waals surface area contributed by atoms with Crippen molar-refractivity contribution in [2.75, 3.05) is 13.1 Å². The fourth-order valence-corrected chi connectivity index (χ4v) is 1.33. The van der Waals surface area contributed by atoms with Crippen molar-refractivity contribution >= 4 is 5.97 Å². The van der Waals surface area contributed by atoms with Crippen LogP contribution in [0.25, 0.3) is 0 Å². The molecule has 0 bridgehead atoms. The molecule has 1 unspecified atom stereocenters. The van der Waals surface area contributed by atoms with Gasteiger partial charge >= 0.3 is 5.97 Å². The van der Waals surface area contributed by atoms with Crippen LogP contribution in [0.3, 0.4) is 0 Å². The van der Waals surface area contributed by atoms with E-state index in [0.29, 0.717) is 17.8 Å². The lowest BCUT2D eigenvalue weighted by atomic mass is 9.82. The largest absolute Gasteiger partial charge is 0.481 e. The fourth-order valence-electron chi connectivity index (χ4n) is 1.33. The van der Waals surface area contributed by atoms with Gasteiger partial charge in [0.25, 0.3) is 0 Å². The van der Waals surface area contributed by atoms with Gasteiger partial charge in [-0.1, -0.05) is 34.1 Å². The second-order valence-corrected chi connectivity index (χ2v) is 5.68. The molecule has 3 heteroatoms. The van der Waals surface area contributed by atoms with E-state index in [1.165, 1.54) is 0 Å². The summed E-state index contributed by atoms with van der Waals surface area (Å²) in [6.45, 7) is 11.1. The fraction of sp³-hybridized carbons (Fsp3) is 0.923. The Balaban J connectivity index is 3.31. The van der Waals surface area contributed by atoms with Crippen LogP contribution in [0.15, 0.2) is 0 Å². The second kappa shape index (κ2) is 7.66. The minimum absolute atomic E-state index is 0.304. The third-order valence-corrected chi connectivity index (χ3v) is 3.17. The molecule has 0 saturated carbocycles. The summed E-state index contributed by atoms with van der Waals surface area (Å²) >= 11 is 0. The lowest BCUT2D eigenvalue weighted by molar-refractivity contribution is -0.137. The van der Waals surface area contributed by atoms with Gasteiger partial charge in [-0.05, 0) is 37.3 Å². The van der Waals surface area contributed by atoms with Crippen molar-refractivity contribution in [2.24, 2.45) is 11.3 Å². The highest BCUT2D eigenvalue weighted by Crippen LogP contribution is 2.24. The van der Waals surface area contributed by atoms with Crippen LogP contribution in [-0.2, 0) is 4.79 Å². The number of carboxylic acid groups (broad SMARTS) is 1. The summed E-state index contributed by atoms with van der Waals surface area (Å²) in [5.74, 6) is -0.0270. The first-order chi connectivity index (χ1) is 7.34. The Hall–Kier alpha value is -0.570. The first-order valence-electron chi connectivity index (χ1n) is 6.26. The van der Waals surface area contributed by atoms with Crippen molar-refractivity contribution < 1.29 is 9.90 Å². The van der Waals surface area contributed by atoms with Crippen LogP contribution in [-0.4, -0.2) is 24.2 Å². The summed E-state index contributed by atoms with van der Waals surface area (Å²) in [5, 5.41) is 11.9. The summed E-state index contributed by atoms with van der Waals surface area (Å²) < 4.78 is 0. The van der Waals surface area contributed by atoms with Crippen LogP contribution in [0.1, 0.15) is 53.4 Å². The lowest BCUT2D eigenvalue weighted by Crippen LogP contribution is -2.30. The monoisotopic (exact) mass is 229 g/mol. The van der Waals surface area contributed by atoms with Gasteiger partial charge in [0.2, 0.25) is 0 Å². The second-order valence-electron chi connectivity index (χ2n) is 5.68. The molecular weight excluding hydrogens is 202 g/mol. The number of carboxylic acids is 1. The molecule has 1 atom stereocenters. The smallest absolute Gasteiger partial charge is 0.303 e. The van der Waals surface area contributed by atoms with E-state index >= 15 is 0 Å². The Morgan fingerprint density at radius 2 is 1.88 bits per heavy atom. The molecule has 0 fully saturated rings. The molecule has 0 aromatic rings. The van der Waals surface area contributed by atoms with Gasteiger partial charge in [0, 0.05) is 6.42 Å². The van der Waals surface area contributed by atoms with Crippen molar-refractivity contribution in [1.29, 1.82) is 0 Å². The predicted molar refractivity (Wildman–Crippen MR) is 67.6 cm³/mol. The molecule has 0 heterocycles. The number of hydrogen-bond acceptors (Lipinski definition) is 2. The first kappa shape index (κ1) is 15.4. The quantitative estimate of drug-likeness (QED) is 0.629. The molecule has 0 aliphatic carbocycles. The third kappa shape index (κ3) is 8.72. The molecule has 3 nitrogen and oxygen atoms in total. The van der Waals surface area contributed by atoms with Crippen molar-refractivity contribution in [3.63, 3.8) is 0 Å². The molecule has 0 radical (unpaired) electrons. The summed E-state index contributed by atoms with van der Waals surface area (Å²) in [7, 11) is 0. The molecule has 0 amide bonds. The van der Waals surface area contributed by atoms with Gasteiger partial charge in [0.15, 0.2) is 0 Å². The predicted octanol–water partition coefficient (Wildman–Crippen LogP) is 2.90. The first-order valence-corrected chi connectivity index (χ1v) is 6.26. The zero-order chi connectivity index (χ0) is 12.6. The van der Waals surface area contributed by atoms with Gasteiger partial charge in [-0.3, -0.25) is 4.79 Å². The maximum Gasteiger partial charge on any atom is 0.303 e. The van der Waals surface area contributed by atoms with Gasteiger partial charge in [-0.2, -0.15) is 0 Å². The van der Waals surface area contributed by atoms with E-state index in [2.05, 4.69) is 33.0 Å². The number of hydrogen-bond donors (Lipinski definition) is 2. The average molecular weight is 229 g/mol. The van der Waals surface area contributed by atoms with Gasteiger partial charge < -0.3 is 10.4 Å². The van der Waals surface area contributed by atoms with Crippen LogP contribution in [0, 0.1) is 11.3 Å². The Morgan fingerprint density at radius 1 is 1.25 bits per heavy atom. The van der Waals surface area contributed by atoms with Gasteiger partial charge in [0.1, 0.15) is 0 Å². The number of carbonyl (C=O) groups is 1. The molecule has 2 N–H and O–H groups in total. The summed E-state index contributed by atoms with van der Waals surface area (Å²) in [6.07, 6.45) is 3.18. The Bertz CT molecular complexity index is 197. The minimum atomic E-state index is -0.686. The third-order valence-electron chi connectivity index (χ3n) is 3.17. The van der Waals surface area contributed by atoms with Crippen LogP contribution in [0.5, 0.6) is 0 Å². The highest BCUT2D eigenvalue weighted by Gasteiger charge is 2.18. The van der Waals surface area contributed by atoms with E-state index in [9.17, 15) is 4.79 Å². The molecule has 96 valence electrons. The molecular formula is C13H27NO2. The van der Waals surface area contributed by atoms with Crippen LogP contribution in [0.4, 0.5) is 0 Å². The lowest BCUT2D eigenvalue weighted by Gasteiger charge is -2.27. The van der Waals surface area contributed by atoms with Crippen molar-refractivity contribution in [3.8, 4) is 0 Å². The number of rotatable bonds is 8. The van der Waals surface area contributed by atoms with E-state index in [0.717, 1.165) is 32.4 Å². The van der Waals surface area contributed by atoms with Crippen LogP contribution in [0.2, 0.25) is 0 Å². The number of unbranched alkanes of at least 4 members (excludes halogenated alkanes) is 2. The van der Waals surface area contributed by atoms with E-state index in [1.807, 2.05) is 0 Å². The molecule has 0 aromatic heterocycles. The summed E-state index contributed by atoms with van der Waals surface area (Å²) in [4.78, 5) is 10.3. The highest BCUT2D eigenvalue weighted by atomic mass is 16.4. The van der Waals surface area contributed by atoms with E-state index in [-0.39, 0.29) is 0 Å². The molecule has 0 rings (SSSR count). The Labute approximate surface area is 99.6 Å². The Kier molecular flexibility index (Phi) is 7.39. The molecule has 0 aromatic carbocycles. The van der Waals surface area contributed by atoms with Crippen LogP contribution < -0.4 is 5.32 Å². The average Bonchev–Trinajstić information content (AvgIpc) is 2.14. The normalized spacial score (nSPS) is 13.8. The zero-order valence-electron chi connectivity index (χ0n) is 11.2. The van der Waals surface area contributed by atoms with Gasteiger partial charge in [0.05, 0.1) is 0 Å². The molecule has 0 aliphatic heterocycles. The SMILES string of the molecule is CC(CNCCCCCC(=O)O)C(C)(C)C. The zero-order valence-corrected chi connectivity index (χ0v) is 11.2. The summed E-state index contributed by atoms with van der Waals surface area (Å²) in [5.41, 5.74) is 0.357. The molecule has 16 heavy (non-hydrogen) atoms. The molecule has 0 saturated heterocycles. The van der Waals surface area contributed by atoms with E-state index in [4.69, 9.17) is 5.11 Å².